The fourth-order valence-corrected chi connectivity index (χ4v) is 4.39. The molecule has 22 heavy (non-hydrogen) atoms. The maximum Gasteiger partial charge on any atom is 0.0956 e. The lowest BCUT2D eigenvalue weighted by Crippen LogP contribution is -2.30. The van der Waals surface area contributed by atoms with Gasteiger partial charge in [-0.1, -0.05) is 19.9 Å². The molecule has 0 radical (unpaired) electrons. The Morgan fingerprint density at radius 3 is 2.55 bits per heavy atom. The van der Waals surface area contributed by atoms with Crippen molar-refractivity contribution in [3.63, 3.8) is 0 Å². The molecule has 0 aliphatic carbocycles. The molecule has 2 rings (SSSR count). The van der Waals surface area contributed by atoms with Crippen molar-refractivity contribution in [2.45, 2.75) is 65.1 Å². The van der Waals surface area contributed by atoms with Crippen molar-refractivity contribution in [2.75, 3.05) is 0 Å². The van der Waals surface area contributed by atoms with Crippen LogP contribution in [0.4, 0.5) is 0 Å². The van der Waals surface area contributed by atoms with Crippen LogP contribution in [0, 0.1) is 6.92 Å². The second-order valence-corrected chi connectivity index (χ2v) is 8.25. The van der Waals surface area contributed by atoms with Crippen molar-refractivity contribution in [3.8, 4) is 0 Å². The van der Waals surface area contributed by atoms with Gasteiger partial charge in [-0.05, 0) is 38.6 Å². The molecule has 0 spiro atoms. The average molecular weight is 339 g/mol. The summed E-state index contributed by atoms with van der Waals surface area (Å²) in [6, 6.07) is 4.48. The highest BCUT2D eigenvalue weighted by molar-refractivity contribution is 7.12. The first kappa shape index (κ1) is 17.6. The molecule has 0 bridgehead atoms. The Bertz CT molecular complexity index is 578. The molecule has 2 N–H and O–H groups in total. The third-order valence-electron chi connectivity index (χ3n) is 3.72. The Labute approximate surface area is 141 Å². The zero-order valence-electron chi connectivity index (χ0n) is 14.0. The summed E-state index contributed by atoms with van der Waals surface area (Å²) in [7, 11) is 0. The second kappa shape index (κ2) is 7.68. The van der Waals surface area contributed by atoms with E-state index in [2.05, 4.69) is 44.9 Å². The molecule has 2 heterocycles. The number of nitrogens with one attached hydrogen (secondary N) is 1. The Kier molecular flexibility index (Phi) is 6.15. The van der Waals surface area contributed by atoms with Crippen LogP contribution in [0.3, 0.4) is 0 Å². The molecule has 0 amide bonds. The molecule has 0 aliphatic rings. The van der Waals surface area contributed by atoms with Gasteiger partial charge in [-0.2, -0.15) is 0 Å². The Balaban J connectivity index is 1.95. The van der Waals surface area contributed by atoms with Gasteiger partial charge in [-0.3, -0.25) is 0 Å². The smallest absolute Gasteiger partial charge is 0.0956 e. The van der Waals surface area contributed by atoms with E-state index in [4.69, 9.17) is 0 Å². The predicted molar refractivity (Wildman–Crippen MR) is 95.8 cm³/mol. The number of hydrogen-bond acceptors (Lipinski definition) is 5. The molecule has 3 unspecified atom stereocenters. The van der Waals surface area contributed by atoms with Crippen molar-refractivity contribution >= 4 is 22.7 Å². The van der Waals surface area contributed by atoms with Crippen molar-refractivity contribution in [1.29, 1.82) is 0 Å². The van der Waals surface area contributed by atoms with Gasteiger partial charge in [0.2, 0.25) is 0 Å². The summed E-state index contributed by atoms with van der Waals surface area (Å²) < 4.78 is 0. The van der Waals surface area contributed by atoms with E-state index in [0.717, 1.165) is 17.0 Å². The van der Waals surface area contributed by atoms with E-state index in [1.807, 2.05) is 17.5 Å². The summed E-state index contributed by atoms with van der Waals surface area (Å²) in [5.74, 6) is 0.475. The number of thiazole rings is 1. The molecule has 5 heteroatoms. The second-order valence-electron chi connectivity index (χ2n) is 6.21. The fourth-order valence-electron chi connectivity index (χ4n) is 2.58. The number of rotatable bonds is 7. The van der Waals surface area contributed by atoms with Gasteiger partial charge in [-0.15, -0.1) is 22.7 Å². The van der Waals surface area contributed by atoms with Crippen LogP contribution in [0.2, 0.25) is 0 Å². The first-order valence-electron chi connectivity index (χ1n) is 7.83. The lowest BCUT2D eigenvalue weighted by Gasteiger charge is -2.21. The highest BCUT2D eigenvalue weighted by Crippen LogP contribution is 2.30. The summed E-state index contributed by atoms with van der Waals surface area (Å²) in [6.07, 6.45) is 0.336. The van der Waals surface area contributed by atoms with Gasteiger partial charge in [0.25, 0.3) is 0 Å². The fraction of sp³-hybridized carbons (Fsp3) is 0.588. The highest BCUT2D eigenvalue weighted by atomic mass is 32.1. The van der Waals surface area contributed by atoms with Crippen LogP contribution in [-0.4, -0.2) is 16.1 Å². The van der Waals surface area contributed by atoms with Gasteiger partial charge < -0.3 is 10.4 Å². The van der Waals surface area contributed by atoms with E-state index in [-0.39, 0.29) is 18.2 Å². The van der Waals surface area contributed by atoms with E-state index in [1.165, 1.54) is 9.88 Å². The third kappa shape index (κ3) is 4.38. The summed E-state index contributed by atoms with van der Waals surface area (Å²) in [5, 5.41) is 17.1. The summed E-state index contributed by atoms with van der Waals surface area (Å²) in [6.45, 7) is 10.8. The maximum atomic E-state index is 10.3. The lowest BCUT2D eigenvalue weighted by molar-refractivity contribution is 0.155. The minimum absolute atomic E-state index is 0.246. The normalized spacial score (nSPS) is 16.0. The van der Waals surface area contributed by atoms with Gasteiger partial charge in [-0.25, -0.2) is 4.98 Å². The van der Waals surface area contributed by atoms with Crippen LogP contribution in [0.1, 0.15) is 72.6 Å². The first-order valence-corrected chi connectivity index (χ1v) is 9.52. The van der Waals surface area contributed by atoms with E-state index >= 15 is 0 Å². The molecule has 2 aromatic rings. The minimum Gasteiger partial charge on any atom is -0.388 e. The number of nitrogens with zero attached hydrogens (tertiary/aromatic N) is 1. The zero-order valence-corrected chi connectivity index (χ0v) is 15.6. The van der Waals surface area contributed by atoms with E-state index < -0.39 is 0 Å². The lowest BCUT2D eigenvalue weighted by atomic mass is 10.1. The standard InChI is InChI=1S/C17H26N2OS2/c1-10(2)17-19-13(5)16(22-17)12(4)18-11(3)9-14(20)15-7-6-8-21-15/h6-8,10-12,14,18,20H,9H2,1-5H3. The van der Waals surface area contributed by atoms with Crippen molar-refractivity contribution in [2.24, 2.45) is 0 Å². The number of aryl methyl sites for hydroxylation is 1. The number of aliphatic hydroxyl groups is 1. The SMILES string of the molecule is Cc1nc(C(C)C)sc1C(C)NC(C)CC(O)c1cccs1. The van der Waals surface area contributed by atoms with E-state index in [9.17, 15) is 5.11 Å². The molecule has 3 atom stereocenters. The number of thiophene rings is 1. The van der Waals surface area contributed by atoms with Gasteiger partial charge in [0.1, 0.15) is 0 Å². The quantitative estimate of drug-likeness (QED) is 0.762. The van der Waals surface area contributed by atoms with Gasteiger partial charge in [0.15, 0.2) is 0 Å². The molecular weight excluding hydrogens is 312 g/mol. The monoisotopic (exact) mass is 338 g/mol. The van der Waals surface area contributed by atoms with Crippen molar-refractivity contribution in [1.82, 2.24) is 10.3 Å². The molecule has 2 aromatic heterocycles. The van der Waals surface area contributed by atoms with Crippen molar-refractivity contribution in [3.05, 3.63) is 38.0 Å². The predicted octanol–water partition coefficient (Wildman–Crippen LogP) is 4.80. The molecule has 122 valence electrons. The number of aliphatic hydroxyl groups excluding tert-OH is 1. The number of hydrogen-bond donors (Lipinski definition) is 2. The highest BCUT2D eigenvalue weighted by Gasteiger charge is 2.19. The largest absolute Gasteiger partial charge is 0.388 e. The molecule has 0 aromatic carbocycles. The maximum absolute atomic E-state index is 10.3. The Morgan fingerprint density at radius 2 is 2.00 bits per heavy atom. The summed E-state index contributed by atoms with van der Waals surface area (Å²) >= 11 is 3.41. The van der Waals surface area contributed by atoms with Crippen molar-refractivity contribution < 1.29 is 5.11 Å². The average Bonchev–Trinajstić information content (AvgIpc) is 3.07. The molecular formula is C17H26N2OS2. The Morgan fingerprint density at radius 1 is 1.27 bits per heavy atom. The van der Waals surface area contributed by atoms with Crippen LogP contribution in [0.25, 0.3) is 0 Å². The van der Waals surface area contributed by atoms with Crippen LogP contribution >= 0.6 is 22.7 Å². The molecule has 0 aliphatic heterocycles. The molecule has 3 nitrogen and oxygen atoms in total. The van der Waals surface area contributed by atoms with Crippen LogP contribution in [-0.2, 0) is 0 Å². The molecule has 0 fully saturated rings. The molecule has 0 saturated heterocycles. The third-order valence-corrected chi connectivity index (χ3v) is 6.33. The van der Waals surface area contributed by atoms with Gasteiger partial charge in [0.05, 0.1) is 16.8 Å². The van der Waals surface area contributed by atoms with E-state index in [1.54, 1.807) is 22.7 Å². The topological polar surface area (TPSA) is 45.2 Å². The van der Waals surface area contributed by atoms with Gasteiger partial charge >= 0.3 is 0 Å². The zero-order chi connectivity index (χ0) is 16.3. The van der Waals surface area contributed by atoms with Crippen LogP contribution < -0.4 is 5.32 Å². The summed E-state index contributed by atoms with van der Waals surface area (Å²) in [4.78, 5) is 7.02. The summed E-state index contributed by atoms with van der Waals surface area (Å²) in [5.41, 5.74) is 1.12. The van der Waals surface area contributed by atoms with E-state index in [0.29, 0.717) is 5.92 Å². The first-order chi connectivity index (χ1) is 10.4. The molecule has 0 saturated carbocycles. The Hall–Kier alpha value is -0.750. The van der Waals surface area contributed by atoms with Crippen LogP contribution in [0.15, 0.2) is 17.5 Å². The van der Waals surface area contributed by atoms with Gasteiger partial charge in [0, 0.05) is 27.8 Å². The minimum atomic E-state index is -0.386. The van der Waals surface area contributed by atoms with Crippen LogP contribution in [0.5, 0.6) is 0 Å². The number of aromatic nitrogens is 1.